The lowest BCUT2D eigenvalue weighted by Crippen LogP contribution is -2.27. The highest BCUT2D eigenvalue weighted by Gasteiger charge is 2.42. The van der Waals surface area contributed by atoms with Gasteiger partial charge < -0.3 is 4.90 Å². The first-order valence-electron chi connectivity index (χ1n) is 25.1. The van der Waals surface area contributed by atoms with E-state index in [2.05, 4.69) is 267 Å². The second-order valence-electron chi connectivity index (χ2n) is 19.4. The summed E-state index contributed by atoms with van der Waals surface area (Å²) in [7, 11) is 0. The SMILES string of the molecule is CCC1(CC)c2cc(/C=C/c3ccc(-c4ccc(-c5ccccc5)cc4-c4ccc5c(c4)C4c6ccccc6C5c5ccccc54)cc3)ccc2-c2ccc(N(c3ccccc3)c3ccccc3)cc21. The third kappa shape index (κ3) is 6.75. The van der Waals surface area contributed by atoms with Crippen molar-refractivity contribution in [2.45, 2.75) is 43.9 Å². The topological polar surface area (TPSA) is 3.24 Å². The Balaban J connectivity index is 0.827. The van der Waals surface area contributed by atoms with Crippen molar-refractivity contribution < 1.29 is 0 Å². The van der Waals surface area contributed by atoms with E-state index in [1.54, 1.807) is 0 Å². The van der Waals surface area contributed by atoms with Crippen molar-refractivity contribution in [2.24, 2.45) is 0 Å². The number of anilines is 3. The maximum atomic E-state index is 2.51. The molecule has 0 fully saturated rings. The number of hydrogen-bond acceptors (Lipinski definition) is 1. The van der Waals surface area contributed by atoms with Gasteiger partial charge in [-0.15, -0.1) is 0 Å². The number of benzene rings is 10. The van der Waals surface area contributed by atoms with Gasteiger partial charge in [0.25, 0.3) is 0 Å². The zero-order chi connectivity index (χ0) is 46.8. The van der Waals surface area contributed by atoms with E-state index < -0.39 is 0 Å². The molecule has 0 atom stereocenters. The molecule has 1 heteroatoms. The average Bonchev–Trinajstić information content (AvgIpc) is 3.71. The van der Waals surface area contributed by atoms with E-state index in [4.69, 9.17) is 0 Å². The highest BCUT2D eigenvalue weighted by atomic mass is 15.1. The van der Waals surface area contributed by atoms with Gasteiger partial charge in [-0.25, -0.2) is 0 Å². The molecule has 4 aliphatic carbocycles. The highest BCUT2D eigenvalue weighted by Crippen LogP contribution is 2.57. The van der Waals surface area contributed by atoms with E-state index in [9.17, 15) is 0 Å². The quantitative estimate of drug-likeness (QED) is 0.124. The molecule has 4 aliphatic rings. The van der Waals surface area contributed by atoms with Crippen LogP contribution in [-0.2, 0) is 5.41 Å². The van der Waals surface area contributed by atoms with Crippen LogP contribution in [0.25, 0.3) is 56.7 Å². The van der Waals surface area contributed by atoms with E-state index in [0.717, 1.165) is 24.2 Å². The van der Waals surface area contributed by atoms with Crippen LogP contribution in [0.1, 0.15) is 94.2 Å². The minimum Gasteiger partial charge on any atom is -0.310 e. The van der Waals surface area contributed by atoms with Gasteiger partial charge in [0.1, 0.15) is 0 Å². The summed E-state index contributed by atoms with van der Waals surface area (Å²) in [4.78, 5) is 2.38. The molecule has 0 saturated heterocycles. The second-order valence-corrected chi connectivity index (χ2v) is 19.4. The van der Waals surface area contributed by atoms with Crippen molar-refractivity contribution in [3.05, 3.63) is 292 Å². The zero-order valence-electron chi connectivity index (χ0n) is 39.7. The molecule has 10 aromatic carbocycles. The maximum Gasteiger partial charge on any atom is 0.0465 e. The number of nitrogens with zero attached hydrogens (tertiary/aromatic N) is 1. The molecule has 70 heavy (non-hydrogen) atoms. The van der Waals surface area contributed by atoms with Crippen molar-refractivity contribution in [2.75, 3.05) is 4.90 Å². The lowest BCUT2D eigenvalue weighted by molar-refractivity contribution is 0.490. The standard InChI is InChI=1S/C69H53N/c1-3-69(4-2)65-42-47(32-38-56(65)57-41-37-54(45-66(57)69)70(52-20-10-6-11-21-52)53-22-12-7-13-23-53)29-28-46-30-33-49(34-31-46)55-39-35-50(48-18-8-5-9-19-48)43-63(55)51-36-40-62-64(44-51)68-60-26-16-14-24-58(60)67(62)59-25-15-17-27-61(59)68/h5-45,67-68H,3-4H2,1-2H3/b29-28+. The van der Waals surface area contributed by atoms with Gasteiger partial charge in [-0.3, -0.25) is 0 Å². The normalized spacial score (nSPS) is 15.5. The molecule has 0 heterocycles. The van der Waals surface area contributed by atoms with Crippen molar-refractivity contribution in [1.82, 2.24) is 0 Å². The molecule has 10 aromatic rings. The van der Waals surface area contributed by atoms with Gasteiger partial charge >= 0.3 is 0 Å². The van der Waals surface area contributed by atoms with Crippen LogP contribution < -0.4 is 4.90 Å². The van der Waals surface area contributed by atoms with Crippen molar-refractivity contribution in [3.63, 3.8) is 0 Å². The molecule has 334 valence electrons. The fourth-order valence-corrected chi connectivity index (χ4v) is 12.5. The Kier molecular flexibility index (Phi) is 10.2. The Hall–Kier alpha value is -8.26. The molecule has 2 bridgehead atoms. The van der Waals surface area contributed by atoms with E-state index in [-0.39, 0.29) is 17.3 Å². The fraction of sp³-hybridized carbons (Fsp3) is 0.101. The van der Waals surface area contributed by atoms with Crippen molar-refractivity contribution in [3.8, 4) is 44.5 Å². The average molecular weight is 896 g/mol. The van der Waals surface area contributed by atoms with E-state index in [1.165, 1.54) is 106 Å². The lowest BCUT2D eigenvalue weighted by Gasteiger charge is -2.42. The molecule has 14 rings (SSSR count). The number of rotatable bonds is 10. The van der Waals surface area contributed by atoms with Gasteiger partial charge in [0, 0.05) is 34.3 Å². The first-order chi connectivity index (χ1) is 34.6. The molecule has 0 radical (unpaired) electrons. The molecule has 0 aromatic heterocycles. The molecule has 0 amide bonds. The van der Waals surface area contributed by atoms with Crippen LogP contribution in [0.15, 0.2) is 237 Å². The zero-order valence-corrected chi connectivity index (χ0v) is 39.7. The Labute approximate surface area is 412 Å². The van der Waals surface area contributed by atoms with Gasteiger partial charge in [0.2, 0.25) is 0 Å². The summed E-state index contributed by atoms with van der Waals surface area (Å²) in [6.07, 6.45) is 6.63. The van der Waals surface area contributed by atoms with Gasteiger partial charge in [0.15, 0.2) is 0 Å². The Morgan fingerprint density at radius 2 is 0.800 bits per heavy atom. The van der Waals surface area contributed by atoms with Crippen LogP contribution in [0.4, 0.5) is 17.1 Å². The Bertz CT molecular complexity index is 3530. The van der Waals surface area contributed by atoms with Gasteiger partial charge in [-0.05, 0) is 162 Å². The van der Waals surface area contributed by atoms with Crippen LogP contribution in [0.3, 0.4) is 0 Å². The first-order valence-corrected chi connectivity index (χ1v) is 25.1. The van der Waals surface area contributed by atoms with Crippen LogP contribution >= 0.6 is 0 Å². The molecular formula is C69H53N. The summed E-state index contributed by atoms with van der Waals surface area (Å²) in [5.74, 6) is 0.486. The van der Waals surface area contributed by atoms with Gasteiger partial charge in [0.05, 0.1) is 0 Å². The predicted molar refractivity (Wildman–Crippen MR) is 294 cm³/mol. The lowest BCUT2D eigenvalue weighted by atomic mass is 9.61. The molecule has 1 nitrogen and oxygen atoms in total. The Morgan fingerprint density at radius 3 is 1.41 bits per heavy atom. The molecule has 0 unspecified atom stereocenters. The summed E-state index contributed by atoms with van der Waals surface area (Å²) in [5, 5.41) is 0. The van der Waals surface area contributed by atoms with Crippen LogP contribution in [0, 0.1) is 0 Å². The van der Waals surface area contributed by atoms with E-state index in [0.29, 0.717) is 0 Å². The maximum absolute atomic E-state index is 2.51. The van der Waals surface area contributed by atoms with Crippen molar-refractivity contribution in [1.29, 1.82) is 0 Å². The van der Waals surface area contributed by atoms with Gasteiger partial charge in [-0.1, -0.05) is 214 Å². The third-order valence-electron chi connectivity index (χ3n) is 15.9. The van der Waals surface area contributed by atoms with Crippen LogP contribution in [0.2, 0.25) is 0 Å². The third-order valence-corrected chi connectivity index (χ3v) is 15.9. The molecule has 0 N–H and O–H groups in total. The van der Waals surface area contributed by atoms with E-state index >= 15 is 0 Å². The summed E-state index contributed by atoms with van der Waals surface area (Å²) in [5.41, 5.74) is 27.5. The highest BCUT2D eigenvalue weighted by molar-refractivity contribution is 5.90. The summed E-state index contributed by atoms with van der Waals surface area (Å²) in [6, 6.07) is 88.2. The van der Waals surface area contributed by atoms with Crippen LogP contribution in [0.5, 0.6) is 0 Å². The molecule has 0 aliphatic heterocycles. The van der Waals surface area contributed by atoms with Crippen molar-refractivity contribution >= 4 is 29.2 Å². The molecular weight excluding hydrogens is 843 g/mol. The number of para-hydroxylation sites is 2. The molecule has 0 spiro atoms. The van der Waals surface area contributed by atoms with Crippen LogP contribution in [-0.4, -0.2) is 0 Å². The smallest absolute Gasteiger partial charge is 0.0465 e. The number of hydrogen-bond donors (Lipinski definition) is 0. The van der Waals surface area contributed by atoms with Gasteiger partial charge in [-0.2, -0.15) is 0 Å². The minimum atomic E-state index is -0.0778. The number of fused-ring (bicyclic) bond motifs is 3. The summed E-state index contributed by atoms with van der Waals surface area (Å²) < 4.78 is 0. The Morgan fingerprint density at radius 1 is 0.329 bits per heavy atom. The second kappa shape index (κ2) is 17.1. The fourth-order valence-electron chi connectivity index (χ4n) is 12.5. The first kappa shape index (κ1) is 41.9. The molecule has 0 saturated carbocycles. The predicted octanol–water partition coefficient (Wildman–Crippen LogP) is 18.4. The minimum absolute atomic E-state index is 0.0778. The summed E-state index contributed by atoms with van der Waals surface area (Å²) in [6.45, 7) is 4.72. The monoisotopic (exact) mass is 895 g/mol. The summed E-state index contributed by atoms with van der Waals surface area (Å²) >= 11 is 0. The largest absolute Gasteiger partial charge is 0.310 e. The van der Waals surface area contributed by atoms with E-state index in [1.807, 2.05) is 0 Å².